The van der Waals surface area contributed by atoms with Gasteiger partial charge in [-0.05, 0) is 26.7 Å². The number of nitrogens with zero attached hydrogens (tertiary/aromatic N) is 1. The third-order valence-corrected chi connectivity index (χ3v) is 4.72. The minimum Gasteiger partial charge on any atom is -0.329 e. The van der Waals surface area contributed by atoms with E-state index in [2.05, 4.69) is 0 Å². The number of rotatable bonds is 6. The summed E-state index contributed by atoms with van der Waals surface area (Å²) in [6, 6.07) is -0.00796. The summed E-state index contributed by atoms with van der Waals surface area (Å²) in [6.07, 6.45) is 0. The third-order valence-electron chi connectivity index (χ3n) is 2.29. The molecule has 4 nitrogen and oxygen atoms in total. The van der Waals surface area contributed by atoms with Crippen LogP contribution < -0.4 is 5.73 Å². The van der Waals surface area contributed by atoms with Crippen LogP contribution in [0.4, 0.5) is 0 Å². The average Bonchev–Trinajstić information content (AvgIpc) is 2.11. The molecule has 0 heterocycles. The summed E-state index contributed by atoms with van der Waals surface area (Å²) in [7, 11) is -3.24. The predicted molar refractivity (Wildman–Crippen MR) is 64.1 cm³/mol. The molecule has 0 bridgehead atoms. The quantitative estimate of drug-likeness (QED) is 0.749. The maximum atomic E-state index is 12.1. The highest BCUT2D eigenvalue weighted by molar-refractivity contribution is 7.89. The first kappa shape index (κ1) is 14.9. The highest BCUT2D eigenvalue weighted by Gasteiger charge is 2.30. The van der Waals surface area contributed by atoms with Gasteiger partial charge >= 0.3 is 0 Å². The van der Waals surface area contributed by atoms with Gasteiger partial charge in [-0.2, -0.15) is 4.31 Å². The van der Waals surface area contributed by atoms with Crippen molar-refractivity contribution in [2.75, 3.05) is 13.1 Å². The van der Waals surface area contributed by atoms with E-state index < -0.39 is 15.3 Å². The molecule has 92 valence electrons. The number of hydrogen-bond donors (Lipinski definition) is 1. The van der Waals surface area contributed by atoms with Crippen LogP contribution in [-0.2, 0) is 10.0 Å². The Morgan fingerprint density at radius 2 is 1.60 bits per heavy atom. The zero-order valence-electron chi connectivity index (χ0n) is 10.4. The van der Waals surface area contributed by atoms with Crippen LogP contribution in [0, 0.1) is 5.92 Å². The largest absolute Gasteiger partial charge is 0.329 e. The normalized spacial score (nSPS) is 15.3. The molecule has 1 atom stereocenters. The zero-order chi connectivity index (χ0) is 12.2. The second-order valence-electron chi connectivity index (χ2n) is 4.65. The summed E-state index contributed by atoms with van der Waals surface area (Å²) < 4.78 is 25.7. The molecule has 0 radical (unpaired) electrons. The second-order valence-corrected chi connectivity index (χ2v) is 6.95. The van der Waals surface area contributed by atoms with E-state index in [1.165, 1.54) is 0 Å². The first-order valence-electron chi connectivity index (χ1n) is 5.44. The van der Waals surface area contributed by atoms with Gasteiger partial charge in [0.2, 0.25) is 10.0 Å². The molecule has 0 saturated heterocycles. The average molecular weight is 236 g/mol. The van der Waals surface area contributed by atoms with Gasteiger partial charge in [-0.15, -0.1) is 0 Å². The lowest BCUT2D eigenvalue weighted by atomic mass is 10.2. The fourth-order valence-corrected chi connectivity index (χ4v) is 3.12. The highest BCUT2D eigenvalue weighted by atomic mass is 32.2. The van der Waals surface area contributed by atoms with Crippen LogP contribution in [0.1, 0.15) is 34.6 Å². The summed E-state index contributed by atoms with van der Waals surface area (Å²) in [5.74, 6) is 0.326. The van der Waals surface area contributed by atoms with E-state index in [1.54, 1.807) is 11.2 Å². The van der Waals surface area contributed by atoms with Gasteiger partial charge < -0.3 is 5.73 Å². The van der Waals surface area contributed by atoms with Crippen LogP contribution in [-0.4, -0.2) is 37.1 Å². The maximum Gasteiger partial charge on any atom is 0.218 e. The fraction of sp³-hybridized carbons (Fsp3) is 1.00. The van der Waals surface area contributed by atoms with Gasteiger partial charge in [0.05, 0.1) is 5.25 Å². The SMILES string of the molecule is CC(C)CN(C(C)C)S(=O)(=O)C(C)CN. The lowest BCUT2D eigenvalue weighted by molar-refractivity contribution is 0.315. The Kier molecular flexibility index (Phi) is 5.77. The van der Waals surface area contributed by atoms with E-state index in [-0.39, 0.29) is 12.6 Å². The molecular formula is C10H24N2O2S. The van der Waals surface area contributed by atoms with E-state index in [4.69, 9.17) is 5.73 Å². The first-order chi connectivity index (χ1) is 6.73. The van der Waals surface area contributed by atoms with Crippen molar-refractivity contribution in [3.05, 3.63) is 0 Å². The van der Waals surface area contributed by atoms with Crippen molar-refractivity contribution in [1.29, 1.82) is 0 Å². The molecule has 0 saturated carbocycles. The summed E-state index contributed by atoms with van der Waals surface area (Å²) in [5, 5.41) is -0.501. The molecule has 1 unspecified atom stereocenters. The van der Waals surface area contributed by atoms with Gasteiger partial charge in [0, 0.05) is 19.1 Å². The Balaban J connectivity index is 4.91. The second kappa shape index (κ2) is 5.82. The minimum absolute atomic E-state index is 0.00796. The van der Waals surface area contributed by atoms with E-state index in [1.807, 2.05) is 27.7 Å². The Hall–Kier alpha value is -0.130. The molecule has 15 heavy (non-hydrogen) atoms. The van der Waals surface area contributed by atoms with Crippen LogP contribution in [0.5, 0.6) is 0 Å². The molecule has 0 aliphatic rings. The molecule has 0 fully saturated rings. The molecular weight excluding hydrogens is 212 g/mol. The fourth-order valence-electron chi connectivity index (χ4n) is 1.32. The molecule has 0 aromatic rings. The molecule has 2 N–H and O–H groups in total. The zero-order valence-corrected chi connectivity index (χ0v) is 11.2. The van der Waals surface area contributed by atoms with Gasteiger partial charge in [0.15, 0.2) is 0 Å². The molecule has 0 rings (SSSR count). The molecule has 0 aliphatic carbocycles. The van der Waals surface area contributed by atoms with Crippen LogP contribution >= 0.6 is 0 Å². The Morgan fingerprint density at radius 1 is 1.13 bits per heavy atom. The van der Waals surface area contributed by atoms with Crippen LogP contribution in [0.2, 0.25) is 0 Å². The number of sulfonamides is 1. The highest BCUT2D eigenvalue weighted by Crippen LogP contribution is 2.14. The number of hydrogen-bond acceptors (Lipinski definition) is 3. The van der Waals surface area contributed by atoms with Crippen molar-refractivity contribution >= 4 is 10.0 Å². The van der Waals surface area contributed by atoms with Crippen molar-refractivity contribution in [1.82, 2.24) is 4.31 Å². The maximum absolute atomic E-state index is 12.1. The Morgan fingerprint density at radius 3 is 1.87 bits per heavy atom. The molecule has 0 spiro atoms. The van der Waals surface area contributed by atoms with Gasteiger partial charge in [0.1, 0.15) is 0 Å². The van der Waals surface area contributed by atoms with Gasteiger partial charge in [-0.25, -0.2) is 8.42 Å². The van der Waals surface area contributed by atoms with Crippen LogP contribution in [0.15, 0.2) is 0 Å². The first-order valence-corrected chi connectivity index (χ1v) is 6.94. The summed E-state index contributed by atoms with van der Waals surface area (Å²) in [6.45, 7) is 10.2. The van der Waals surface area contributed by atoms with Crippen molar-refractivity contribution in [2.24, 2.45) is 11.7 Å². The van der Waals surface area contributed by atoms with Crippen molar-refractivity contribution < 1.29 is 8.42 Å². The molecule has 0 aromatic carbocycles. The van der Waals surface area contributed by atoms with Crippen molar-refractivity contribution in [3.8, 4) is 0 Å². The lowest BCUT2D eigenvalue weighted by Crippen LogP contribution is -2.45. The molecule has 0 amide bonds. The van der Waals surface area contributed by atoms with E-state index in [9.17, 15) is 8.42 Å². The Bertz CT molecular complexity index is 273. The topological polar surface area (TPSA) is 63.4 Å². The Labute approximate surface area is 93.9 Å². The van der Waals surface area contributed by atoms with E-state index in [0.717, 1.165) is 0 Å². The summed E-state index contributed by atoms with van der Waals surface area (Å²) in [5.41, 5.74) is 5.42. The smallest absolute Gasteiger partial charge is 0.218 e. The van der Waals surface area contributed by atoms with Crippen LogP contribution in [0.25, 0.3) is 0 Å². The third kappa shape index (κ3) is 4.09. The van der Waals surface area contributed by atoms with Crippen molar-refractivity contribution in [2.45, 2.75) is 45.9 Å². The van der Waals surface area contributed by atoms with Gasteiger partial charge in [-0.1, -0.05) is 13.8 Å². The minimum atomic E-state index is -3.24. The van der Waals surface area contributed by atoms with Crippen LogP contribution in [0.3, 0.4) is 0 Å². The monoisotopic (exact) mass is 236 g/mol. The van der Waals surface area contributed by atoms with E-state index in [0.29, 0.717) is 12.5 Å². The standard InChI is InChI=1S/C10H24N2O2S/c1-8(2)7-12(9(3)4)15(13,14)10(5)6-11/h8-10H,6-7,11H2,1-5H3. The van der Waals surface area contributed by atoms with Crippen molar-refractivity contribution in [3.63, 3.8) is 0 Å². The molecule has 0 aliphatic heterocycles. The summed E-state index contributed by atoms with van der Waals surface area (Å²) >= 11 is 0. The molecule has 5 heteroatoms. The molecule has 0 aromatic heterocycles. The van der Waals surface area contributed by atoms with Gasteiger partial charge in [-0.3, -0.25) is 0 Å². The summed E-state index contributed by atoms with van der Waals surface area (Å²) in [4.78, 5) is 0. The van der Waals surface area contributed by atoms with E-state index >= 15 is 0 Å². The number of nitrogens with two attached hydrogens (primary N) is 1. The predicted octanol–water partition coefficient (Wildman–Crippen LogP) is 1.03. The lowest BCUT2D eigenvalue weighted by Gasteiger charge is -2.29. The van der Waals surface area contributed by atoms with Gasteiger partial charge in [0.25, 0.3) is 0 Å².